The lowest BCUT2D eigenvalue weighted by Gasteiger charge is -2.02. The fourth-order valence-corrected chi connectivity index (χ4v) is 4.98. The first-order chi connectivity index (χ1) is 12.0. The highest BCUT2D eigenvalue weighted by Gasteiger charge is 2.20. The van der Waals surface area contributed by atoms with E-state index in [1.165, 1.54) is 28.7 Å². The van der Waals surface area contributed by atoms with Crippen LogP contribution in [0, 0.1) is 6.92 Å². The van der Waals surface area contributed by atoms with Crippen molar-refractivity contribution < 1.29 is 8.78 Å². The molecular weight excluding hydrogens is 366 g/mol. The first-order valence-electron chi connectivity index (χ1n) is 7.78. The van der Waals surface area contributed by atoms with Crippen molar-refractivity contribution in [1.82, 2.24) is 15.0 Å². The number of hydrogen-bond donors (Lipinski definition) is 2. The average molecular weight is 380 g/mol. The summed E-state index contributed by atoms with van der Waals surface area (Å²) in [6.07, 6.45) is -1.68. The summed E-state index contributed by atoms with van der Waals surface area (Å²) in [5, 5.41) is 4.58. The number of H-pyrrole nitrogens is 1. The maximum atomic E-state index is 13.0. The van der Waals surface area contributed by atoms with Gasteiger partial charge in [0.05, 0.1) is 10.2 Å². The van der Waals surface area contributed by atoms with Gasteiger partial charge in [-0.15, -0.1) is 11.3 Å². The highest BCUT2D eigenvalue weighted by Crippen LogP contribution is 2.39. The number of rotatable bonds is 4. The number of thiophene rings is 1. The molecule has 0 aliphatic carbocycles. The van der Waals surface area contributed by atoms with E-state index in [-0.39, 0.29) is 11.3 Å². The fourth-order valence-electron chi connectivity index (χ4n) is 2.81. The van der Waals surface area contributed by atoms with Crippen LogP contribution in [0.25, 0.3) is 30.6 Å². The Balaban J connectivity index is 2.05. The van der Waals surface area contributed by atoms with E-state index in [0.717, 1.165) is 17.7 Å². The lowest BCUT2D eigenvalue weighted by molar-refractivity contribution is 0.146. The normalized spacial score (nSPS) is 12.0. The minimum absolute atomic E-state index is 0.221. The van der Waals surface area contributed by atoms with Gasteiger partial charge in [-0.1, -0.05) is 18.3 Å². The van der Waals surface area contributed by atoms with Crippen molar-refractivity contribution in [2.75, 3.05) is 11.9 Å². The summed E-state index contributed by atoms with van der Waals surface area (Å²) in [6.45, 7) is 4.57. The number of thiazole rings is 1. The Kier molecular flexibility index (Phi) is 3.92. The van der Waals surface area contributed by atoms with Crippen molar-refractivity contribution in [3.63, 3.8) is 0 Å². The molecule has 0 unspecified atom stereocenters. The standard InChI is InChI=1S/C16H14F2N4OS2/c1-3-4-19-16-22-10-11-9(21-14(23)12(10)25-16)8-6(2)5-7(13(17)18)20-15(8)24-11/h5,13H,3-4H2,1-2H3,(H,19,22)(H,21,23). The van der Waals surface area contributed by atoms with E-state index in [2.05, 4.69) is 20.3 Å². The van der Waals surface area contributed by atoms with Crippen LogP contribution in [0.2, 0.25) is 0 Å². The highest BCUT2D eigenvalue weighted by atomic mass is 32.1. The number of anilines is 1. The maximum absolute atomic E-state index is 13.0. The van der Waals surface area contributed by atoms with E-state index < -0.39 is 6.43 Å². The molecule has 0 spiro atoms. The summed E-state index contributed by atoms with van der Waals surface area (Å²) in [7, 11) is 0. The van der Waals surface area contributed by atoms with Gasteiger partial charge in [-0.05, 0) is 25.0 Å². The number of fused-ring (bicyclic) bond motifs is 5. The third kappa shape index (κ3) is 2.58. The zero-order chi connectivity index (χ0) is 17.7. The molecule has 0 radical (unpaired) electrons. The largest absolute Gasteiger partial charge is 0.361 e. The van der Waals surface area contributed by atoms with E-state index in [1.54, 1.807) is 6.92 Å². The van der Waals surface area contributed by atoms with Gasteiger partial charge in [0.2, 0.25) is 0 Å². The lowest BCUT2D eigenvalue weighted by Crippen LogP contribution is -2.03. The van der Waals surface area contributed by atoms with Crippen LogP contribution in [-0.4, -0.2) is 21.5 Å². The Morgan fingerprint density at radius 1 is 1.28 bits per heavy atom. The molecule has 4 heterocycles. The third-order valence-corrected chi connectivity index (χ3v) is 6.02. The van der Waals surface area contributed by atoms with E-state index in [0.29, 0.717) is 36.6 Å². The van der Waals surface area contributed by atoms with Crippen LogP contribution in [0.1, 0.15) is 31.0 Å². The van der Waals surface area contributed by atoms with Gasteiger partial charge in [-0.25, -0.2) is 18.7 Å². The lowest BCUT2D eigenvalue weighted by atomic mass is 10.1. The minimum atomic E-state index is -2.63. The molecule has 0 fully saturated rings. The Bertz CT molecular complexity index is 1160. The van der Waals surface area contributed by atoms with Crippen LogP contribution in [-0.2, 0) is 0 Å². The van der Waals surface area contributed by atoms with Gasteiger partial charge in [0, 0.05) is 11.9 Å². The smallest absolute Gasteiger partial charge is 0.280 e. The molecule has 0 aliphatic rings. The molecule has 25 heavy (non-hydrogen) atoms. The van der Waals surface area contributed by atoms with Crippen LogP contribution in [0.15, 0.2) is 10.9 Å². The number of aromatic amines is 1. The van der Waals surface area contributed by atoms with Gasteiger partial charge in [-0.3, -0.25) is 4.79 Å². The summed E-state index contributed by atoms with van der Waals surface area (Å²) in [4.78, 5) is 24.4. The summed E-state index contributed by atoms with van der Waals surface area (Å²) in [5.74, 6) is 0. The van der Waals surface area contributed by atoms with E-state index in [4.69, 9.17) is 0 Å². The molecule has 5 nitrogen and oxygen atoms in total. The SMILES string of the molecule is CCCNc1nc2c(s1)c(=O)[nH]c1c2sc2nc(C(F)F)cc(C)c21. The molecule has 0 amide bonds. The topological polar surface area (TPSA) is 70.7 Å². The second-order valence-electron chi connectivity index (χ2n) is 5.73. The molecule has 0 atom stereocenters. The molecule has 0 bridgehead atoms. The Labute approximate surface area is 148 Å². The highest BCUT2D eigenvalue weighted by molar-refractivity contribution is 7.27. The number of aromatic nitrogens is 3. The monoisotopic (exact) mass is 380 g/mol. The zero-order valence-electron chi connectivity index (χ0n) is 13.4. The molecule has 0 saturated heterocycles. The maximum Gasteiger partial charge on any atom is 0.280 e. The van der Waals surface area contributed by atoms with Crippen LogP contribution in [0.5, 0.6) is 0 Å². The quantitative estimate of drug-likeness (QED) is 0.533. The predicted octanol–water partition coefficient (Wildman–Crippen LogP) is 4.82. The number of pyridine rings is 2. The number of hydrogen-bond acceptors (Lipinski definition) is 6. The number of nitrogens with one attached hydrogen (secondary N) is 2. The van der Waals surface area contributed by atoms with Crippen molar-refractivity contribution in [2.24, 2.45) is 0 Å². The van der Waals surface area contributed by atoms with Crippen molar-refractivity contribution in [2.45, 2.75) is 26.7 Å². The van der Waals surface area contributed by atoms with Gasteiger partial charge in [0.1, 0.15) is 20.7 Å². The number of aryl methyl sites for hydroxylation is 1. The van der Waals surface area contributed by atoms with Gasteiger partial charge in [-0.2, -0.15) is 0 Å². The molecular formula is C16H14F2N4OS2. The average Bonchev–Trinajstić information content (AvgIpc) is 3.14. The molecule has 2 N–H and O–H groups in total. The Morgan fingerprint density at radius 2 is 2.08 bits per heavy atom. The van der Waals surface area contributed by atoms with Crippen molar-refractivity contribution in [3.8, 4) is 0 Å². The van der Waals surface area contributed by atoms with Crippen LogP contribution in [0.3, 0.4) is 0 Å². The summed E-state index contributed by atoms with van der Waals surface area (Å²) in [6, 6.07) is 1.37. The number of nitrogens with zero attached hydrogens (tertiary/aromatic N) is 2. The van der Waals surface area contributed by atoms with Crippen LogP contribution in [0.4, 0.5) is 13.9 Å². The molecule has 4 aromatic heterocycles. The second kappa shape index (κ2) is 5.99. The van der Waals surface area contributed by atoms with E-state index in [1.807, 2.05) is 6.92 Å². The molecule has 130 valence electrons. The van der Waals surface area contributed by atoms with Gasteiger partial charge in [0.25, 0.3) is 12.0 Å². The fraction of sp³-hybridized carbons (Fsp3) is 0.312. The molecule has 9 heteroatoms. The van der Waals surface area contributed by atoms with E-state index in [9.17, 15) is 13.6 Å². The molecule has 0 aromatic carbocycles. The number of alkyl halides is 2. The third-order valence-electron chi connectivity index (χ3n) is 3.92. The van der Waals surface area contributed by atoms with Crippen molar-refractivity contribution in [1.29, 1.82) is 0 Å². The van der Waals surface area contributed by atoms with Crippen molar-refractivity contribution in [3.05, 3.63) is 27.7 Å². The summed E-state index contributed by atoms with van der Waals surface area (Å²) in [5.41, 5.74) is 1.42. The van der Waals surface area contributed by atoms with Gasteiger partial charge >= 0.3 is 0 Å². The van der Waals surface area contributed by atoms with Gasteiger partial charge < -0.3 is 10.3 Å². The van der Waals surface area contributed by atoms with Crippen LogP contribution < -0.4 is 10.9 Å². The zero-order valence-corrected chi connectivity index (χ0v) is 15.1. The molecule has 0 aliphatic heterocycles. The van der Waals surface area contributed by atoms with Crippen LogP contribution >= 0.6 is 22.7 Å². The molecule has 4 rings (SSSR count). The summed E-state index contributed by atoms with van der Waals surface area (Å²) >= 11 is 2.59. The molecule has 0 saturated carbocycles. The van der Waals surface area contributed by atoms with Gasteiger partial charge in [0.15, 0.2) is 5.13 Å². The second-order valence-corrected chi connectivity index (χ2v) is 7.73. The molecule has 4 aromatic rings. The first kappa shape index (κ1) is 16.3. The van der Waals surface area contributed by atoms with E-state index >= 15 is 0 Å². The Morgan fingerprint density at radius 3 is 2.80 bits per heavy atom. The van der Waals surface area contributed by atoms with Crippen molar-refractivity contribution >= 4 is 58.5 Å². The Hall–Kier alpha value is -2.13. The first-order valence-corrected chi connectivity index (χ1v) is 9.41. The predicted molar refractivity (Wildman–Crippen MR) is 99.4 cm³/mol. The minimum Gasteiger partial charge on any atom is -0.361 e. The summed E-state index contributed by atoms with van der Waals surface area (Å²) < 4.78 is 27.4. The number of halogens is 2.